The summed E-state index contributed by atoms with van der Waals surface area (Å²) in [4.78, 5) is 0. The molecule has 0 radical (unpaired) electrons. The third-order valence-corrected chi connectivity index (χ3v) is 3.26. The molecule has 1 aromatic carbocycles. The van der Waals surface area contributed by atoms with Crippen LogP contribution in [-0.4, -0.2) is 17.3 Å². The molecule has 0 aliphatic carbocycles. The minimum Gasteiger partial charge on any atom is -0.494 e. The van der Waals surface area contributed by atoms with Crippen molar-refractivity contribution in [2.45, 2.75) is 13.8 Å². The van der Waals surface area contributed by atoms with Gasteiger partial charge in [-0.05, 0) is 37.1 Å². The zero-order valence-electron chi connectivity index (χ0n) is 10.3. The minimum absolute atomic E-state index is 0.182. The lowest BCUT2D eigenvalue weighted by atomic mass is 10.0. The molecule has 3 nitrogen and oxygen atoms in total. The number of nitrogens with zero attached hydrogens (tertiary/aromatic N) is 2. The standard InChI is InChI=1S/C13H12ClFN2O/c1-7-8(2)13(14)17-16-12(7)9-5-4-6-10(18-3)11(9)15/h4-6H,1-3H3. The molecule has 0 atom stereocenters. The summed E-state index contributed by atoms with van der Waals surface area (Å²) in [5, 5.41) is 8.12. The lowest BCUT2D eigenvalue weighted by Gasteiger charge is -2.10. The van der Waals surface area contributed by atoms with E-state index in [-0.39, 0.29) is 5.75 Å². The lowest BCUT2D eigenvalue weighted by Crippen LogP contribution is -1.99. The summed E-state index contributed by atoms with van der Waals surface area (Å²) in [6.45, 7) is 3.66. The second-order valence-electron chi connectivity index (χ2n) is 3.91. The van der Waals surface area contributed by atoms with Crippen molar-refractivity contribution in [3.8, 4) is 17.0 Å². The van der Waals surface area contributed by atoms with Crippen LogP contribution < -0.4 is 4.74 Å². The van der Waals surface area contributed by atoms with Gasteiger partial charge in [-0.1, -0.05) is 17.7 Å². The summed E-state index contributed by atoms with van der Waals surface area (Å²) < 4.78 is 19.1. The van der Waals surface area contributed by atoms with Crippen molar-refractivity contribution in [1.82, 2.24) is 10.2 Å². The van der Waals surface area contributed by atoms with Crippen LogP contribution in [0.2, 0.25) is 5.15 Å². The molecule has 1 aromatic heterocycles. The highest BCUT2D eigenvalue weighted by molar-refractivity contribution is 6.30. The minimum atomic E-state index is -0.445. The fourth-order valence-corrected chi connectivity index (χ4v) is 1.86. The average molecular weight is 267 g/mol. The molecule has 0 saturated heterocycles. The molecule has 0 amide bonds. The van der Waals surface area contributed by atoms with E-state index in [0.717, 1.165) is 11.1 Å². The van der Waals surface area contributed by atoms with Gasteiger partial charge in [-0.25, -0.2) is 4.39 Å². The van der Waals surface area contributed by atoms with Crippen LogP contribution in [0.1, 0.15) is 11.1 Å². The van der Waals surface area contributed by atoms with E-state index in [1.165, 1.54) is 7.11 Å². The molecular weight excluding hydrogens is 255 g/mol. The van der Waals surface area contributed by atoms with Gasteiger partial charge in [0, 0.05) is 5.56 Å². The summed E-state index contributed by atoms with van der Waals surface area (Å²) in [6.07, 6.45) is 0. The summed E-state index contributed by atoms with van der Waals surface area (Å²) in [5.74, 6) is -0.263. The third-order valence-electron chi connectivity index (χ3n) is 2.90. The zero-order valence-corrected chi connectivity index (χ0v) is 11.0. The van der Waals surface area contributed by atoms with E-state index in [1.54, 1.807) is 18.2 Å². The topological polar surface area (TPSA) is 35.0 Å². The van der Waals surface area contributed by atoms with Crippen molar-refractivity contribution in [3.63, 3.8) is 0 Å². The van der Waals surface area contributed by atoms with Gasteiger partial charge in [-0.15, -0.1) is 10.2 Å². The Morgan fingerprint density at radius 3 is 2.56 bits per heavy atom. The molecule has 0 fully saturated rings. The molecule has 94 valence electrons. The highest BCUT2D eigenvalue weighted by Crippen LogP contribution is 2.31. The predicted octanol–water partition coefficient (Wildman–Crippen LogP) is 3.56. The smallest absolute Gasteiger partial charge is 0.174 e. The molecule has 2 aromatic rings. The molecule has 0 N–H and O–H groups in total. The third kappa shape index (κ3) is 2.04. The Morgan fingerprint density at radius 1 is 1.17 bits per heavy atom. The lowest BCUT2D eigenvalue weighted by molar-refractivity contribution is 0.387. The van der Waals surface area contributed by atoms with Crippen LogP contribution in [0.3, 0.4) is 0 Å². The molecule has 0 aliphatic rings. The second-order valence-corrected chi connectivity index (χ2v) is 4.27. The van der Waals surface area contributed by atoms with E-state index in [2.05, 4.69) is 10.2 Å². The zero-order chi connectivity index (χ0) is 13.3. The van der Waals surface area contributed by atoms with Crippen LogP contribution in [0.15, 0.2) is 18.2 Å². The van der Waals surface area contributed by atoms with E-state index < -0.39 is 5.82 Å². The Labute approximate surface area is 110 Å². The second kappa shape index (κ2) is 4.90. The molecule has 5 heteroatoms. The fourth-order valence-electron chi connectivity index (χ4n) is 1.68. The van der Waals surface area contributed by atoms with E-state index in [0.29, 0.717) is 16.4 Å². The van der Waals surface area contributed by atoms with E-state index in [1.807, 2.05) is 13.8 Å². The maximum absolute atomic E-state index is 14.1. The molecule has 18 heavy (non-hydrogen) atoms. The van der Waals surface area contributed by atoms with Crippen LogP contribution in [0.5, 0.6) is 5.75 Å². The number of hydrogen-bond donors (Lipinski definition) is 0. The van der Waals surface area contributed by atoms with Gasteiger partial charge in [0.15, 0.2) is 16.7 Å². The van der Waals surface area contributed by atoms with Crippen LogP contribution in [0.25, 0.3) is 11.3 Å². The summed E-state index contributed by atoms with van der Waals surface area (Å²) in [5.41, 5.74) is 2.44. The van der Waals surface area contributed by atoms with E-state index >= 15 is 0 Å². The highest BCUT2D eigenvalue weighted by atomic mass is 35.5. The molecule has 1 heterocycles. The van der Waals surface area contributed by atoms with Crippen LogP contribution in [0, 0.1) is 19.7 Å². The van der Waals surface area contributed by atoms with Crippen LogP contribution in [-0.2, 0) is 0 Å². The molecular formula is C13H12ClFN2O. The number of rotatable bonds is 2. The molecule has 0 unspecified atom stereocenters. The Kier molecular flexibility index (Phi) is 3.48. The van der Waals surface area contributed by atoms with E-state index in [9.17, 15) is 4.39 Å². The molecule has 0 bridgehead atoms. The Balaban J connectivity index is 2.66. The molecule has 0 saturated carbocycles. The number of hydrogen-bond acceptors (Lipinski definition) is 3. The monoisotopic (exact) mass is 266 g/mol. The van der Waals surface area contributed by atoms with Gasteiger partial charge >= 0.3 is 0 Å². The Bertz CT molecular complexity index is 602. The fraction of sp³-hybridized carbons (Fsp3) is 0.231. The van der Waals surface area contributed by atoms with Crippen LogP contribution >= 0.6 is 11.6 Å². The van der Waals surface area contributed by atoms with Gasteiger partial charge < -0.3 is 4.74 Å². The normalized spacial score (nSPS) is 10.5. The first-order valence-corrected chi connectivity index (χ1v) is 5.76. The number of aromatic nitrogens is 2. The highest BCUT2D eigenvalue weighted by Gasteiger charge is 2.16. The van der Waals surface area contributed by atoms with Crippen molar-refractivity contribution in [3.05, 3.63) is 40.3 Å². The van der Waals surface area contributed by atoms with Gasteiger partial charge in [-0.3, -0.25) is 0 Å². The summed E-state index contributed by atoms with van der Waals surface area (Å²) in [7, 11) is 1.42. The average Bonchev–Trinajstić information content (AvgIpc) is 2.37. The quantitative estimate of drug-likeness (QED) is 0.834. The predicted molar refractivity (Wildman–Crippen MR) is 68.5 cm³/mol. The van der Waals surface area contributed by atoms with Gasteiger partial charge in [0.2, 0.25) is 0 Å². The van der Waals surface area contributed by atoms with Crippen molar-refractivity contribution in [2.75, 3.05) is 7.11 Å². The first-order chi connectivity index (χ1) is 8.56. The van der Waals surface area contributed by atoms with Crippen molar-refractivity contribution in [1.29, 1.82) is 0 Å². The van der Waals surface area contributed by atoms with Crippen LogP contribution in [0.4, 0.5) is 4.39 Å². The number of ether oxygens (including phenoxy) is 1. The largest absolute Gasteiger partial charge is 0.494 e. The van der Waals surface area contributed by atoms with Gasteiger partial charge in [-0.2, -0.15) is 0 Å². The Morgan fingerprint density at radius 2 is 1.89 bits per heavy atom. The first-order valence-electron chi connectivity index (χ1n) is 5.38. The molecule has 2 rings (SSSR count). The van der Waals surface area contributed by atoms with Gasteiger partial charge in [0.25, 0.3) is 0 Å². The number of methoxy groups -OCH3 is 1. The summed E-state index contributed by atoms with van der Waals surface area (Å²) >= 11 is 5.88. The maximum Gasteiger partial charge on any atom is 0.174 e. The van der Waals surface area contributed by atoms with Crippen molar-refractivity contribution >= 4 is 11.6 Å². The Hall–Kier alpha value is -1.68. The first kappa shape index (κ1) is 12.8. The number of halogens is 2. The number of benzene rings is 1. The van der Waals surface area contributed by atoms with Crippen molar-refractivity contribution < 1.29 is 9.13 Å². The summed E-state index contributed by atoms with van der Waals surface area (Å²) in [6, 6.07) is 4.91. The maximum atomic E-state index is 14.1. The van der Waals surface area contributed by atoms with Gasteiger partial charge in [0.05, 0.1) is 12.8 Å². The van der Waals surface area contributed by atoms with E-state index in [4.69, 9.17) is 16.3 Å². The van der Waals surface area contributed by atoms with Gasteiger partial charge in [0.1, 0.15) is 0 Å². The SMILES string of the molecule is COc1cccc(-c2nnc(Cl)c(C)c2C)c1F. The molecule has 0 spiro atoms. The molecule has 0 aliphatic heterocycles. The van der Waals surface area contributed by atoms with Crippen molar-refractivity contribution in [2.24, 2.45) is 0 Å².